The summed E-state index contributed by atoms with van der Waals surface area (Å²) < 4.78 is 5.75. The molecule has 0 spiro atoms. The third-order valence-corrected chi connectivity index (χ3v) is 4.21. The van der Waals surface area contributed by atoms with Crippen molar-refractivity contribution in [1.29, 1.82) is 0 Å². The van der Waals surface area contributed by atoms with Crippen molar-refractivity contribution in [2.24, 2.45) is 0 Å². The second-order valence-electron chi connectivity index (χ2n) is 5.44. The SMILES string of the molecule is CC1C(c2ccccc2)=C(c2ccccc2)c2ccoc21. The fraction of sp³-hybridized carbons (Fsp3) is 0.100. The van der Waals surface area contributed by atoms with Crippen LogP contribution in [0.4, 0.5) is 0 Å². The molecule has 1 nitrogen and oxygen atoms in total. The normalized spacial score (nSPS) is 17.1. The molecule has 0 N–H and O–H groups in total. The average Bonchev–Trinajstić information content (AvgIpc) is 3.11. The van der Waals surface area contributed by atoms with Crippen LogP contribution < -0.4 is 0 Å². The third kappa shape index (κ3) is 1.85. The maximum absolute atomic E-state index is 5.75. The third-order valence-electron chi connectivity index (χ3n) is 4.21. The molecule has 21 heavy (non-hydrogen) atoms. The van der Waals surface area contributed by atoms with Gasteiger partial charge in [0.25, 0.3) is 0 Å². The lowest BCUT2D eigenvalue weighted by molar-refractivity contribution is 0.505. The maximum Gasteiger partial charge on any atom is 0.118 e. The summed E-state index contributed by atoms with van der Waals surface area (Å²) in [5.41, 5.74) is 6.42. The van der Waals surface area contributed by atoms with Gasteiger partial charge < -0.3 is 4.42 Å². The molecule has 1 aromatic heterocycles. The minimum atomic E-state index is 0.285. The van der Waals surface area contributed by atoms with Crippen molar-refractivity contribution in [1.82, 2.24) is 0 Å². The van der Waals surface area contributed by atoms with Crippen LogP contribution in [-0.4, -0.2) is 0 Å². The lowest BCUT2D eigenvalue weighted by atomic mass is 9.91. The second kappa shape index (κ2) is 4.78. The van der Waals surface area contributed by atoms with E-state index in [0.29, 0.717) is 0 Å². The van der Waals surface area contributed by atoms with Crippen LogP contribution in [0.1, 0.15) is 35.3 Å². The van der Waals surface area contributed by atoms with E-state index in [-0.39, 0.29) is 5.92 Å². The number of hydrogen-bond acceptors (Lipinski definition) is 1. The van der Waals surface area contributed by atoms with Crippen molar-refractivity contribution >= 4 is 11.1 Å². The van der Waals surface area contributed by atoms with Crippen LogP contribution in [-0.2, 0) is 0 Å². The highest BCUT2D eigenvalue weighted by Gasteiger charge is 2.32. The van der Waals surface area contributed by atoms with E-state index < -0.39 is 0 Å². The number of fused-ring (bicyclic) bond motifs is 1. The highest BCUT2D eigenvalue weighted by molar-refractivity contribution is 6.04. The first kappa shape index (κ1) is 12.2. The van der Waals surface area contributed by atoms with E-state index >= 15 is 0 Å². The monoisotopic (exact) mass is 272 g/mol. The van der Waals surface area contributed by atoms with Crippen LogP contribution in [0.15, 0.2) is 77.4 Å². The molecule has 0 bridgehead atoms. The summed E-state index contributed by atoms with van der Waals surface area (Å²) in [5, 5.41) is 0. The van der Waals surface area contributed by atoms with Gasteiger partial charge in [-0.25, -0.2) is 0 Å². The van der Waals surface area contributed by atoms with Crippen molar-refractivity contribution in [2.45, 2.75) is 12.8 Å². The van der Waals surface area contributed by atoms with Crippen LogP contribution in [0.2, 0.25) is 0 Å². The highest BCUT2D eigenvalue weighted by Crippen LogP contribution is 2.49. The van der Waals surface area contributed by atoms with Crippen molar-refractivity contribution in [3.05, 3.63) is 95.4 Å². The Morgan fingerprint density at radius 1 is 0.762 bits per heavy atom. The zero-order valence-electron chi connectivity index (χ0n) is 11.9. The smallest absolute Gasteiger partial charge is 0.118 e. The van der Waals surface area contributed by atoms with Gasteiger partial charge in [-0.05, 0) is 28.3 Å². The molecule has 1 atom stereocenters. The van der Waals surface area contributed by atoms with E-state index in [0.717, 1.165) is 5.76 Å². The maximum atomic E-state index is 5.75. The topological polar surface area (TPSA) is 13.1 Å². The quantitative estimate of drug-likeness (QED) is 0.612. The first-order chi connectivity index (χ1) is 10.4. The van der Waals surface area contributed by atoms with Gasteiger partial charge >= 0.3 is 0 Å². The molecule has 102 valence electrons. The van der Waals surface area contributed by atoms with Gasteiger partial charge in [0.2, 0.25) is 0 Å². The van der Waals surface area contributed by atoms with Crippen LogP contribution in [0.3, 0.4) is 0 Å². The number of benzene rings is 2. The Morgan fingerprint density at radius 2 is 1.38 bits per heavy atom. The molecule has 3 aromatic rings. The van der Waals surface area contributed by atoms with Crippen molar-refractivity contribution in [3.8, 4) is 0 Å². The first-order valence-electron chi connectivity index (χ1n) is 7.29. The summed E-state index contributed by atoms with van der Waals surface area (Å²) in [4.78, 5) is 0. The number of allylic oxidation sites excluding steroid dienone is 1. The van der Waals surface area contributed by atoms with Gasteiger partial charge in [0, 0.05) is 11.5 Å². The van der Waals surface area contributed by atoms with E-state index in [1.165, 1.54) is 27.8 Å². The van der Waals surface area contributed by atoms with E-state index in [9.17, 15) is 0 Å². The minimum Gasteiger partial charge on any atom is -0.468 e. The molecule has 1 unspecified atom stereocenters. The Morgan fingerprint density at radius 3 is 2.05 bits per heavy atom. The summed E-state index contributed by atoms with van der Waals surface area (Å²) in [5.74, 6) is 1.36. The van der Waals surface area contributed by atoms with Crippen molar-refractivity contribution in [3.63, 3.8) is 0 Å². The lowest BCUT2D eigenvalue weighted by Gasteiger charge is -2.12. The molecule has 0 saturated heterocycles. The molecule has 0 radical (unpaired) electrons. The molecular weight excluding hydrogens is 256 g/mol. The molecule has 1 heteroatoms. The number of furan rings is 1. The van der Waals surface area contributed by atoms with Crippen LogP contribution in [0, 0.1) is 0 Å². The molecule has 0 aliphatic heterocycles. The highest BCUT2D eigenvalue weighted by atomic mass is 16.3. The Balaban J connectivity index is 2.01. The average molecular weight is 272 g/mol. The zero-order valence-corrected chi connectivity index (χ0v) is 11.9. The molecule has 1 aliphatic rings. The zero-order chi connectivity index (χ0) is 14.2. The van der Waals surface area contributed by atoms with Crippen LogP contribution >= 0.6 is 0 Å². The second-order valence-corrected chi connectivity index (χ2v) is 5.44. The van der Waals surface area contributed by atoms with E-state index in [1.54, 1.807) is 6.26 Å². The van der Waals surface area contributed by atoms with Crippen molar-refractivity contribution in [2.75, 3.05) is 0 Å². The first-order valence-corrected chi connectivity index (χ1v) is 7.29. The number of hydrogen-bond donors (Lipinski definition) is 0. The van der Waals surface area contributed by atoms with Crippen LogP contribution in [0.25, 0.3) is 11.1 Å². The Bertz CT molecular complexity index is 794. The van der Waals surface area contributed by atoms with Crippen molar-refractivity contribution < 1.29 is 4.42 Å². The Labute approximate surface area is 124 Å². The van der Waals surface area contributed by atoms with Gasteiger partial charge in [-0.3, -0.25) is 0 Å². The molecule has 0 saturated carbocycles. The molecule has 2 aromatic carbocycles. The summed E-state index contributed by atoms with van der Waals surface area (Å²) in [6.45, 7) is 2.22. The van der Waals surface area contributed by atoms with Crippen LogP contribution in [0.5, 0.6) is 0 Å². The standard InChI is InChI=1S/C20H16O/c1-14-18(15-8-4-2-5-9-15)19(16-10-6-3-7-11-16)17-12-13-21-20(14)17/h2-14H,1H3. The molecule has 0 fully saturated rings. The largest absolute Gasteiger partial charge is 0.468 e. The predicted octanol–water partition coefficient (Wildman–Crippen LogP) is 5.36. The molecule has 0 amide bonds. The summed E-state index contributed by atoms with van der Waals surface area (Å²) in [6.07, 6.45) is 1.80. The van der Waals surface area contributed by atoms with E-state index in [1.807, 2.05) is 0 Å². The van der Waals surface area contributed by atoms with Gasteiger partial charge in [-0.2, -0.15) is 0 Å². The molecule has 4 rings (SSSR count). The summed E-state index contributed by atoms with van der Waals surface area (Å²) in [7, 11) is 0. The van der Waals surface area contributed by atoms with E-state index in [2.05, 4.69) is 73.7 Å². The number of rotatable bonds is 2. The lowest BCUT2D eigenvalue weighted by Crippen LogP contribution is -1.93. The molecule has 1 heterocycles. The minimum absolute atomic E-state index is 0.285. The van der Waals surface area contributed by atoms with Gasteiger partial charge in [0.1, 0.15) is 5.76 Å². The summed E-state index contributed by atoms with van der Waals surface area (Å²) in [6, 6.07) is 23.3. The van der Waals surface area contributed by atoms with Gasteiger partial charge in [-0.1, -0.05) is 67.6 Å². The van der Waals surface area contributed by atoms with Gasteiger partial charge in [-0.15, -0.1) is 0 Å². The Hall–Kier alpha value is -2.54. The van der Waals surface area contributed by atoms with E-state index in [4.69, 9.17) is 4.42 Å². The fourth-order valence-electron chi connectivity index (χ4n) is 3.28. The molecule has 1 aliphatic carbocycles. The summed E-state index contributed by atoms with van der Waals surface area (Å²) >= 11 is 0. The van der Waals surface area contributed by atoms with Gasteiger partial charge in [0.05, 0.1) is 6.26 Å². The Kier molecular flexibility index (Phi) is 2.78. The van der Waals surface area contributed by atoms with Gasteiger partial charge in [0.15, 0.2) is 0 Å². The molecular formula is C20H16O. The fourth-order valence-corrected chi connectivity index (χ4v) is 3.28. The predicted molar refractivity (Wildman–Crippen MR) is 85.9 cm³/mol.